The molecular formula is C17H28N2O3. The molecule has 5 heteroatoms. The minimum Gasteiger partial charge on any atom is -0.365 e. The zero-order valence-electron chi connectivity index (χ0n) is 13.6. The van der Waals surface area contributed by atoms with Gasteiger partial charge in [0.2, 0.25) is 5.91 Å². The summed E-state index contributed by atoms with van der Waals surface area (Å²) in [5.74, 6) is 0.0804. The Balaban J connectivity index is 1.48. The summed E-state index contributed by atoms with van der Waals surface area (Å²) in [6, 6.07) is 0.449. The molecule has 1 saturated heterocycles. The Hall–Kier alpha value is -1.10. The highest BCUT2D eigenvalue weighted by Gasteiger charge is 2.37. The van der Waals surface area contributed by atoms with E-state index in [-0.39, 0.29) is 24.5 Å². The van der Waals surface area contributed by atoms with Gasteiger partial charge < -0.3 is 14.5 Å². The van der Waals surface area contributed by atoms with Crippen molar-refractivity contribution in [1.29, 1.82) is 0 Å². The number of hydrogen-bond acceptors (Lipinski definition) is 3. The highest BCUT2D eigenvalue weighted by Crippen LogP contribution is 2.28. The molecule has 2 aliphatic carbocycles. The van der Waals surface area contributed by atoms with E-state index in [1.807, 2.05) is 11.8 Å². The first-order valence-electron chi connectivity index (χ1n) is 8.89. The summed E-state index contributed by atoms with van der Waals surface area (Å²) in [5.41, 5.74) is 0. The lowest BCUT2D eigenvalue weighted by Crippen LogP contribution is -2.55. The topological polar surface area (TPSA) is 49.9 Å². The molecule has 0 aromatic heterocycles. The highest BCUT2D eigenvalue weighted by atomic mass is 16.5. The smallest absolute Gasteiger partial charge is 0.251 e. The fourth-order valence-electron chi connectivity index (χ4n) is 3.63. The molecule has 0 unspecified atom stereocenters. The van der Waals surface area contributed by atoms with Crippen LogP contribution >= 0.6 is 0 Å². The lowest BCUT2D eigenvalue weighted by atomic mass is 10.1. The Morgan fingerprint density at radius 2 is 1.77 bits per heavy atom. The SMILES string of the molecule is C[C@H](OC1CCCCCC1)C(=O)N1CCN(C2CC2)C(=O)C1. The van der Waals surface area contributed by atoms with E-state index in [0.717, 1.165) is 25.7 Å². The first-order valence-corrected chi connectivity index (χ1v) is 8.89. The Morgan fingerprint density at radius 3 is 2.36 bits per heavy atom. The van der Waals surface area contributed by atoms with Crippen molar-refractivity contribution in [1.82, 2.24) is 9.80 Å². The van der Waals surface area contributed by atoms with Crippen LogP contribution in [0.15, 0.2) is 0 Å². The molecule has 3 rings (SSSR count). The van der Waals surface area contributed by atoms with E-state index >= 15 is 0 Å². The van der Waals surface area contributed by atoms with Gasteiger partial charge in [0.25, 0.3) is 5.91 Å². The van der Waals surface area contributed by atoms with E-state index in [9.17, 15) is 9.59 Å². The number of rotatable bonds is 4. The van der Waals surface area contributed by atoms with Gasteiger partial charge in [-0.15, -0.1) is 0 Å². The van der Waals surface area contributed by atoms with Crippen molar-refractivity contribution in [2.75, 3.05) is 19.6 Å². The van der Waals surface area contributed by atoms with Crippen LogP contribution in [0.3, 0.4) is 0 Å². The largest absolute Gasteiger partial charge is 0.365 e. The van der Waals surface area contributed by atoms with Crippen LogP contribution in [0.25, 0.3) is 0 Å². The van der Waals surface area contributed by atoms with Crippen molar-refractivity contribution >= 4 is 11.8 Å². The van der Waals surface area contributed by atoms with E-state index < -0.39 is 6.10 Å². The van der Waals surface area contributed by atoms with Crippen LogP contribution in [0.2, 0.25) is 0 Å². The summed E-state index contributed by atoms with van der Waals surface area (Å²) < 4.78 is 5.99. The predicted molar refractivity (Wildman–Crippen MR) is 83.4 cm³/mol. The average molecular weight is 308 g/mol. The van der Waals surface area contributed by atoms with Crippen LogP contribution in [0, 0.1) is 0 Å². The van der Waals surface area contributed by atoms with Gasteiger partial charge in [-0.05, 0) is 32.6 Å². The lowest BCUT2D eigenvalue weighted by molar-refractivity contribution is -0.154. The first kappa shape index (κ1) is 15.8. The summed E-state index contributed by atoms with van der Waals surface area (Å²) in [4.78, 5) is 28.3. The van der Waals surface area contributed by atoms with Gasteiger partial charge in [-0.1, -0.05) is 25.7 Å². The van der Waals surface area contributed by atoms with Crippen molar-refractivity contribution < 1.29 is 14.3 Å². The Bertz CT molecular complexity index is 414. The molecule has 0 N–H and O–H groups in total. The van der Waals surface area contributed by atoms with E-state index in [4.69, 9.17) is 4.74 Å². The van der Waals surface area contributed by atoms with Crippen molar-refractivity contribution in [2.45, 2.75) is 76.5 Å². The third-order valence-corrected chi connectivity index (χ3v) is 5.10. The minimum atomic E-state index is -0.427. The Kier molecular flexibility index (Phi) is 5.01. The second-order valence-corrected chi connectivity index (χ2v) is 6.97. The number of carbonyl (C=O) groups is 2. The maximum Gasteiger partial charge on any atom is 0.251 e. The van der Waals surface area contributed by atoms with Crippen LogP contribution in [0.5, 0.6) is 0 Å². The zero-order chi connectivity index (χ0) is 15.5. The maximum atomic E-state index is 12.5. The lowest BCUT2D eigenvalue weighted by Gasteiger charge is -2.36. The molecule has 0 aromatic rings. The molecule has 1 atom stereocenters. The van der Waals surface area contributed by atoms with E-state index in [2.05, 4.69) is 0 Å². The number of nitrogens with zero attached hydrogens (tertiary/aromatic N) is 2. The fourth-order valence-corrected chi connectivity index (χ4v) is 3.63. The molecule has 3 fully saturated rings. The summed E-state index contributed by atoms with van der Waals surface area (Å²) in [7, 11) is 0. The normalized spacial score (nSPS) is 26.0. The van der Waals surface area contributed by atoms with Gasteiger partial charge in [-0.25, -0.2) is 0 Å². The van der Waals surface area contributed by atoms with Gasteiger partial charge in [0.05, 0.1) is 12.6 Å². The Labute approximate surface area is 133 Å². The number of piperazine rings is 1. The van der Waals surface area contributed by atoms with Gasteiger partial charge in [0, 0.05) is 19.1 Å². The number of hydrogen-bond donors (Lipinski definition) is 0. The van der Waals surface area contributed by atoms with Gasteiger partial charge >= 0.3 is 0 Å². The summed E-state index contributed by atoms with van der Waals surface area (Å²) in [6.45, 7) is 3.41. The molecule has 5 nitrogen and oxygen atoms in total. The quantitative estimate of drug-likeness (QED) is 0.746. The first-order chi connectivity index (χ1) is 10.6. The molecule has 0 spiro atoms. The minimum absolute atomic E-state index is 0.0203. The van der Waals surface area contributed by atoms with Crippen molar-refractivity contribution in [2.24, 2.45) is 0 Å². The molecule has 124 valence electrons. The zero-order valence-corrected chi connectivity index (χ0v) is 13.6. The molecule has 0 bridgehead atoms. The molecule has 0 radical (unpaired) electrons. The molecule has 0 aromatic carbocycles. The summed E-state index contributed by atoms with van der Waals surface area (Å²) in [6.07, 6.45) is 9.11. The highest BCUT2D eigenvalue weighted by molar-refractivity contribution is 5.88. The molecule has 1 aliphatic heterocycles. The summed E-state index contributed by atoms with van der Waals surface area (Å²) in [5, 5.41) is 0. The van der Waals surface area contributed by atoms with Crippen LogP contribution in [0.1, 0.15) is 58.3 Å². The number of amides is 2. The number of carbonyl (C=O) groups excluding carboxylic acids is 2. The van der Waals surface area contributed by atoms with Crippen LogP contribution < -0.4 is 0 Å². The molecule has 1 heterocycles. The molecule has 3 aliphatic rings. The van der Waals surface area contributed by atoms with Crippen molar-refractivity contribution in [3.8, 4) is 0 Å². The van der Waals surface area contributed by atoms with Gasteiger partial charge in [-0.2, -0.15) is 0 Å². The molecule has 22 heavy (non-hydrogen) atoms. The van der Waals surface area contributed by atoms with Crippen LogP contribution in [-0.4, -0.2) is 59.5 Å². The monoisotopic (exact) mass is 308 g/mol. The number of ether oxygens (including phenoxy) is 1. The van der Waals surface area contributed by atoms with E-state index in [0.29, 0.717) is 19.1 Å². The Morgan fingerprint density at radius 1 is 1.09 bits per heavy atom. The fraction of sp³-hybridized carbons (Fsp3) is 0.882. The van der Waals surface area contributed by atoms with Crippen LogP contribution in [-0.2, 0) is 14.3 Å². The second kappa shape index (κ2) is 6.99. The summed E-state index contributed by atoms with van der Waals surface area (Å²) >= 11 is 0. The van der Waals surface area contributed by atoms with Gasteiger partial charge in [-0.3, -0.25) is 9.59 Å². The average Bonchev–Trinajstić information content (AvgIpc) is 3.33. The predicted octanol–water partition coefficient (Wildman–Crippen LogP) is 1.95. The third-order valence-electron chi connectivity index (χ3n) is 5.10. The van der Waals surface area contributed by atoms with Gasteiger partial charge in [0.1, 0.15) is 6.10 Å². The molecule has 2 saturated carbocycles. The maximum absolute atomic E-state index is 12.5. The van der Waals surface area contributed by atoms with Crippen LogP contribution in [0.4, 0.5) is 0 Å². The van der Waals surface area contributed by atoms with E-state index in [1.165, 1.54) is 25.7 Å². The molecular weight excluding hydrogens is 280 g/mol. The van der Waals surface area contributed by atoms with Crippen molar-refractivity contribution in [3.63, 3.8) is 0 Å². The standard InChI is InChI=1S/C17H28N2O3/c1-13(22-15-6-4-2-3-5-7-15)17(21)18-10-11-19(14-8-9-14)16(20)12-18/h13-15H,2-12H2,1H3/t13-/m0/s1. The third kappa shape index (κ3) is 3.80. The second-order valence-electron chi connectivity index (χ2n) is 6.97. The van der Waals surface area contributed by atoms with Crippen molar-refractivity contribution in [3.05, 3.63) is 0 Å². The van der Waals surface area contributed by atoms with E-state index in [1.54, 1.807) is 4.90 Å². The van der Waals surface area contributed by atoms with Gasteiger partial charge in [0.15, 0.2) is 0 Å². The molecule has 2 amide bonds.